The fourth-order valence-corrected chi connectivity index (χ4v) is 1.34. The summed E-state index contributed by atoms with van der Waals surface area (Å²) in [7, 11) is 1.57. The van der Waals surface area contributed by atoms with E-state index in [1.54, 1.807) is 7.11 Å². The standard InChI is InChI=1S/C10H12N4O/c1-15-11-7-9-10(13-14-12-9)8-5-3-2-4-6-8/h2-6,11H,7H2,1H3,(H,12,13,14). The topological polar surface area (TPSA) is 62.8 Å². The summed E-state index contributed by atoms with van der Waals surface area (Å²) >= 11 is 0. The molecule has 0 fully saturated rings. The predicted molar refractivity (Wildman–Crippen MR) is 55.7 cm³/mol. The Labute approximate surface area is 87.4 Å². The van der Waals surface area contributed by atoms with Gasteiger partial charge < -0.3 is 4.84 Å². The van der Waals surface area contributed by atoms with Gasteiger partial charge in [0.15, 0.2) is 0 Å². The molecule has 5 heteroatoms. The van der Waals surface area contributed by atoms with E-state index in [2.05, 4.69) is 20.9 Å². The maximum atomic E-state index is 4.77. The maximum absolute atomic E-state index is 4.77. The van der Waals surface area contributed by atoms with E-state index in [4.69, 9.17) is 4.84 Å². The monoisotopic (exact) mass is 204 g/mol. The van der Waals surface area contributed by atoms with Crippen molar-refractivity contribution in [1.82, 2.24) is 20.9 Å². The van der Waals surface area contributed by atoms with E-state index in [9.17, 15) is 0 Å². The molecule has 0 aliphatic carbocycles. The van der Waals surface area contributed by atoms with Crippen LogP contribution in [0.25, 0.3) is 11.3 Å². The lowest BCUT2D eigenvalue weighted by Gasteiger charge is -2.00. The molecular weight excluding hydrogens is 192 g/mol. The molecule has 0 aliphatic heterocycles. The average molecular weight is 204 g/mol. The van der Waals surface area contributed by atoms with Gasteiger partial charge in [0.2, 0.25) is 0 Å². The number of hydrogen-bond acceptors (Lipinski definition) is 4. The van der Waals surface area contributed by atoms with E-state index >= 15 is 0 Å². The van der Waals surface area contributed by atoms with Crippen LogP contribution in [0.4, 0.5) is 0 Å². The third kappa shape index (κ3) is 2.20. The smallest absolute Gasteiger partial charge is 0.117 e. The van der Waals surface area contributed by atoms with Gasteiger partial charge in [-0.15, -0.1) is 0 Å². The second kappa shape index (κ2) is 4.68. The number of H-pyrrole nitrogens is 1. The van der Waals surface area contributed by atoms with Crippen LogP contribution in [0.1, 0.15) is 5.69 Å². The molecule has 1 aromatic carbocycles. The molecule has 15 heavy (non-hydrogen) atoms. The van der Waals surface area contributed by atoms with Crippen molar-refractivity contribution in [2.45, 2.75) is 6.54 Å². The van der Waals surface area contributed by atoms with Crippen molar-refractivity contribution in [2.24, 2.45) is 0 Å². The van der Waals surface area contributed by atoms with Crippen molar-refractivity contribution in [3.8, 4) is 11.3 Å². The van der Waals surface area contributed by atoms with Crippen molar-refractivity contribution < 1.29 is 4.84 Å². The quantitative estimate of drug-likeness (QED) is 0.733. The molecule has 2 aromatic rings. The fraction of sp³-hybridized carbons (Fsp3) is 0.200. The summed E-state index contributed by atoms with van der Waals surface area (Å²) < 4.78 is 0. The first-order chi connectivity index (χ1) is 7.42. The van der Waals surface area contributed by atoms with Crippen LogP contribution in [0.2, 0.25) is 0 Å². The summed E-state index contributed by atoms with van der Waals surface area (Å²) in [4.78, 5) is 4.77. The summed E-state index contributed by atoms with van der Waals surface area (Å²) in [5.41, 5.74) is 5.46. The highest BCUT2D eigenvalue weighted by atomic mass is 16.6. The number of nitrogens with one attached hydrogen (secondary N) is 2. The molecule has 0 atom stereocenters. The second-order valence-electron chi connectivity index (χ2n) is 3.01. The number of aromatic amines is 1. The molecule has 1 heterocycles. The molecule has 2 N–H and O–H groups in total. The van der Waals surface area contributed by atoms with Gasteiger partial charge in [0.1, 0.15) is 11.4 Å². The van der Waals surface area contributed by atoms with Crippen LogP contribution in [0.3, 0.4) is 0 Å². The fourth-order valence-electron chi connectivity index (χ4n) is 1.34. The number of nitrogens with zero attached hydrogens (tertiary/aromatic N) is 2. The van der Waals surface area contributed by atoms with Crippen molar-refractivity contribution in [3.63, 3.8) is 0 Å². The van der Waals surface area contributed by atoms with Crippen LogP contribution in [0.15, 0.2) is 30.3 Å². The van der Waals surface area contributed by atoms with E-state index in [-0.39, 0.29) is 0 Å². The minimum Gasteiger partial charge on any atom is -0.305 e. The van der Waals surface area contributed by atoms with Gasteiger partial charge in [-0.1, -0.05) is 30.3 Å². The van der Waals surface area contributed by atoms with Gasteiger partial charge in [0.05, 0.1) is 13.7 Å². The maximum Gasteiger partial charge on any atom is 0.117 e. The van der Waals surface area contributed by atoms with E-state index in [1.165, 1.54) is 0 Å². The van der Waals surface area contributed by atoms with Gasteiger partial charge in [-0.25, -0.2) is 0 Å². The Bertz CT molecular complexity index is 412. The molecular formula is C10H12N4O. The minimum atomic E-state index is 0.525. The zero-order valence-corrected chi connectivity index (χ0v) is 8.40. The highest BCUT2D eigenvalue weighted by molar-refractivity contribution is 5.60. The summed E-state index contributed by atoms with van der Waals surface area (Å²) in [6, 6.07) is 9.90. The zero-order valence-electron chi connectivity index (χ0n) is 8.40. The van der Waals surface area contributed by atoms with E-state index in [1.807, 2.05) is 30.3 Å². The molecule has 0 amide bonds. The lowest BCUT2D eigenvalue weighted by Crippen LogP contribution is -2.11. The molecule has 2 rings (SSSR count). The van der Waals surface area contributed by atoms with Gasteiger partial charge >= 0.3 is 0 Å². The predicted octanol–water partition coefficient (Wildman–Crippen LogP) is 1.12. The normalized spacial score (nSPS) is 10.5. The third-order valence-electron chi connectivity index (χ3n) is 2.05. The lowest BCUT2D eigenvalue weighted by atomic mass is 10.1. The minimum absolute atomic E-state index is 0.525. The summed E-state index contributed by atoms with van der Waals surface area (Å²) in [6.45, 7) is 0.525. The molecule has 78 valence electrons. The molecule has 0 saturated carbocycles. The number of benzene rings is 1. The van der Waals surface area contributed by atoms with Crippen LogP contribution < -0.4 is 5.48 Å². The van der Waals surface area contributed by atoms with Gasteiger partial charge in [-0.05, 0) is 0 Å². The average Bonchev–Trinajstić information content (AvgIpc) is 2.75. The Kier molecular flexibility index (Phi) is 3.06. The van der Waals surface area contributed by atoms with Crippen LogP contribution in [0.5, 0.6) is 0 Å². The van der Waals surface area contributed by atoms with E-state index < -0.39 is 0 Å². The molecule has 0 saturated heterocycles. The summed E-state index contributed by atoms with van der Waals surface area (Å²) in [6.07, 6.45) is 0. The number of hydroxylamine groups is 1. The number of rotatable bonds is 4. The highest BCUT2D eigenvalue weighted by Gasteiger charge is 2.08. The molecule has 0 bridgehead atoms. The largest absolute Gasteiger partial charge is 0.305 e. The highest BCUT2D eigenvalue weighted by Crippen LogP contribution is 2.18. The Hall–Kier alpha value is -1.72. The van der Waals surface area contributed by atoms with Gasteiger partial charge in [-0.3, -0.25) is 0 Å². The summed E-state index contributed by atoms with van der Waals surface area (Å²) in [5.74, 6) is 0. The number of hydrogen-bond donors (Lipinski definition) is 2. The van der Waals surface area contributed by atoms with Gasteiger partial charge in [-0.2, -0.15) is 20.9 Å². The van der Waals surface area contributed by atoms with Gasteiger partial charge in [0.25, 0.3) is 0 Å². The van der Waals surface area contributed by atoms with Crippen LogP contribution >= 0.6 is 0 Å². The SMILES string of the molecule is CONCc1n[nH]nc1-c1ccccc1. The lowest BCUT2D eigenvalue weighted by molar-refractivity contribution is 0.0859. The van der Waals surface area contributed by atoms with Crippen molar-refractivity contribution in [1.29, 1.82) is 0 Å². The van der Waals surface area contributed by atoms with Crippen LogP contribution in [0, 0.1) is 0 Å². The molecule has 1 aromatic heterocycles. The Morgan fingerprint density at radius 1 is 1.27 bits per heavy atom. The van der Waals surface area contributed by atoms with Crippen LogP contribution in [-0.4, -0.2) is 22.5 Å². The van der Waals surface area contributed by atoms with Crippen LogP contribution in [-0.2, 0) is 11.4 Å². The van der Waals surface area contributed by atoms with Crippen molar-refractivity contribution >= 4 is 0 Å². The zero-order chi connectivity index (χ0) is 10.5. The number of aromatic nitrogens is 3. The molecule has 0 radical (unpaired) electrons. The summed E-state index contributed by atoms with van der Waals surface area (Å²) in [5, 5.41) is 10.8. The second-order valence-corrected chi connectivity index (χ2v) is 3.01. The Morgan fingerprint density at radius 2 is 2.07 bits per heavy atom. The van der Waals surface area contributed by atoms with Gasteiger partial charge in [0, 0.05) is 5.56 Å². The molecule has 0 spiro atoms. The first-order valence-electron chi connectivity index (χ1n) is 4.62. The Morgan fingerprint density at radius 3 is 2.80 bits per heavy atom. The molecule has 5 nitrogen and oxygen atoms in total. The third-order valence-corrected chi connectivity index (χ3v) is 2.05. The van der Waals surface area contributed by atoms with E-state index in [0.29, 0.717) is 6.54 Å². The van der Waals surface area contributed by atoms with Crippen molar-refractivity contribution in [3.05, 3.63) is 36.0 Å². The molecule has 0 aliphatic rings. The first-order valence-corrected chi connectivity index (χ1v) is 4.62. The van der Waals surface area contributed by atoms with Crippen molar-refractivity contribution in [2.75, 3.05) is 7.11 Å². The first kappa shape index (κ1) is 9.82. The van der Waals surface area contributed by atoms with E-state index in [0.717, 1.165) is 17.0 Å². The molecule has 0 unspecified atom stereocenters. The Balaban J connectivity index is 2.25.